The van der Waals surface area contributed by atoms with Crippen LogP contribution in [0.3, 0.4) is 0 Å². The van der Waals surface area contributed by atoms with Crippen molar-refractivity contribution in [2.24, 2.45) is 0 Å². The Hall–Kier alpha value is -11.1. The number of benzene rings is 15. The zero-order valence-electron chi connectivity index (χ0n) is 93.8. The Balaban J connectivity index is 0.000000199. The van der Waals surface area contributed by atoms with Crippen LogP contribution in [-0.2, 0) is 0 Å². The van der Waals surface area contributed by atoms with Gasteiger partial charge in [0.15, 0.2) is 0 Å². The van der Waals surface area contributed by atoms with Crippen molar-refractivity contribution in [1.82, 2.24) is 0 Å². The molecule has 0 saturated heterocycles. The molecule has 0 bridgehead atoms. The molecule has 2 nitrogen and oxygen atoms in total. The fraction of sp³-hybridized carbons (Fsp3) is 0. The molecule has 2 heteroatoms. The van der Waals surface area contributed by atoms with Gasteiger partial charge in [-0.25, -0.2) is 0 Å². The van der Waals surface area contributed by atoms with E-state index in [2.05, 4.69) is 0 Å². The third-order valence-corrected chi connectivity index (χ3v) is 13.1. The molecule has 0 fully saturated rings. The standard InChI is InChI=1S/C44H28O.C38H24O/c1-3-12-29(13-4-1)31-16-11-17-32(26-31)33-22-24-35-40-27-34(23-25-41(40)45-42(35)28-33)44-38-20-9-7-18-36(38)43(30-14-5-2-6-15-30)37-19-8-10-21-39(37)44;1-3-11-25(12-4-1)27-19-21-35-33(23-27)34-24-28(20-22-36(34)39-35)38-31-17-9-7-15-29(31)37(26-13-5-2-6-14-26)30-16-8-10-18-32(30)38/h1-28H;1-24H/i1D,2D,3D,4D,5D,6D,7D,8D,9D,10D,11D,12D,13D,14D,15D,16D,17D,18D,19D,20D,21D,22D,23D,24D,25D,26D,27D,28D;1D,2D,3D,4D,5D,6D,7D,8D,9D,10D,11D,12D,13D,14D,15D,16D,17D,18D,19D,20D,21D,22D,23D,24D. The average Bonchev–Trinajstić information content (AvgIpc) is 0.942. The molecule has 84 heavy (non-hydrogen) atoms. The lowest BCUT2D eigenvalue weighted by atomic mass is 9.86. The molecule has 17 aromatic rings. The van der Waals surface area contributed by atoms with Gasteiger partial charge in [-0.2, -0.15) is 0 Å². The van der Waals surface area contributed by atoms with E-state index in [0.29, 0.717) is 0 Å². The van der Waals surface area contributed by atoms with Crippen LogP contribution in [-0.4, -0.2) is 0 Å². The molecule has 0 aliphatic carbocycles. The van der Waals surface area contributed by atoms with Gasteiger partial charge in [0, 0.05) is 21.5 Å². The van der Waals surface area contributed by atoms with E-state index in [9.17, 15) is 21.9 Å². The highest BCUT2D eigenvalue weighted by Crippen LogP contribution is 2.47. The summed E-state index contributed by atoms with van der Waals surface area (Å²) in [6.07, 6.45) is 0. The summed E-state index contributed by atoms with van der Waals surface area (Å²) in [5, 5.41) is -7.59. The van der Waals surface area contributed by atoms with Crippen molar-refractivity contribution in [3.63, 3.8) is 0 Å². The van der Waals surface area contributed by atoms with Gasteiger partial charge in [0.25, 0.3) is 0 Å². The Morgan fingerprint density at radius 3 is 0.821 bits per heavy atom. The number of fused-ring (bicyclic) bond motifs is 10. The summed E-state index contributed by atoms with van der Waals surface area (Å²) in [5.41, 5.74) is -12.6. The van der Waals surface area contributed by atoms with Crippen molar-refractivity contribution in [2.75, 3.05) is 0 Å². The molecule has 0 aliphatic rings. The fourth-order valence-electron chi connectivity index (χ4n) is 9.63. The topological polar surface area (TPSA) is 26.3 Å². The van der Waals surface area contributed by atoms with Gasteiger partial charge in [0.1, 0.15) is 22.3 Å². The van der Waals surface area contributed by atoms with Crippen LogP contribution in [0.25, 0.3) is 165 Å². The van der Waals surface area contributed by atoms with Gasteiger partial charge in [-0.1, -0.05) is 260 Å². The van der Waals surface area contributed by atoms with Crippen LogP contribution in [0.2, 0.25) is 0 Å². The highest BCUT2D eigenvalue weighted by Gasteiger charge is 2.20. The number of hydrogen-bond donors (Lipinski definition) is 0. The first kappa shape index (κ1) is 19.3. The van der Waals surface area contributed by atoms with E-state index in [-0.39, 0.29) is 0 Å². The van der Waals surface area contributed by atoms with Gasteiger partial charge >= 0.3 is 0 Å². The van der Waals surface area contributed by atoms with Crippen LogP contribution < -0.4 is 0 Å². The summed E-state index contributed by atoms with van der Waals surface area (Å²) >= 11 is 0. The maximum absolute atomic E-state index is 9.79. The van der Waals surface area contributed by atoms with Crippen molar-refractivity contribution in [3.8, 4) is 77.9 Å². The molecule has 0 N–H and O–H groups in total. The van der Waals surface area contributed by atoms with E-state index >= 15 is 0 Å². The first-order valence-electron chi connectivity index (χ1n) is 50.6. The van der Waals surface area contributed by atoms with E-state index in [1.807, 2.05) is 0 Å². The molecule has 0 aliphatic heterocycles. The Kier molecular flexibility index (Phi) is 4.70. The van der Waals surface area contributed by atoms with Gasteiger partial charge in [0.05, 0.1) is 71.3 Å². The highest BCUT2D eigenvalue weighted by molar-refractivity contribution is 6.24. The molecule has 2 aromatic heterocycles. The molecule has 392 valence electrons. The molecular formula is C82H52O2. The maximum atomic E-state index is 9.79. The minimum absolute atomic E-state index is 0.513. The summed E-state index contributed by atoms with van der Waals surface area (Å²) < 4.78 is 471. The van der Waals surface area contributed by atoms with Gasteiger partial charge in [-0.05, 0) is 175 Å². The van der Waals surface area contributed by atoms with Crippen molar-refractivity contribution in [3.05, 3.63) is 314 Å². The summed E-state index contributed by atoms with van der Waals surface area (Å²) in [7, 11) is 0. The number of rotatable bonds is 7. The summed E-state index contributed by atoms with van der Waals surface area (Å²) in [5.74, 6) is 0. The second kappa shape index (κ2) is 20.5. The molecule has 0 atom stereocenters. The summed E-state index contributed by atoms with van der Waals surface area (Å²) in [6.45, 7) is 0. The van der Waals surface area contributed by atoms with Crippen molar-refractivity contribution < 1.29 is 80.1 Å². The van der Waals surface area contributed by atoms with E-state index < -0.39 is 479 Å². The Morgan fingerprint density at radius 1 is 0.155 bits per heavy atom. The average molecular weight is 1120 g/mol. The van der Waals surface area contributed by atoms with Crippen molar-refractivity contribution in [2.45, 2.75) is 0 Å². The molecule has 0 radical (unpaired) electrons. The van der Waals surface area contributed by atoms with Gasteiger partial charge in [-0.3, -0.25) is 0 Å². The quantitative estimate of drug-likeness (QED) is 0.149. The highest BCUT2D eigenvalue weighted by atomic mass is 16.3. The van der Waals surface area contributed by atoms with Crippen LogP contribution >= 0.6 is 0 Å². The number of furan rings is 2. The molecule has 0 saturated carbocycles. The van der Waals surface area contributed by atoms with Gasteiger partial charge in [0.2, 0.25) is 0 Å². The second-order valence-electron chi connectivity index (χ2n) is 17.8. The lowest BCUT2D eigenvalue weighted by Crippen LogP contribution is -1.90. The van der Waals surface area contributed by atoms with E-state index in [1.165, 1.54) is 0 Å². The zero-order chi connectivity index (χ0) is 101. The fourth-order valence-corrected chi connectivity index (χ4v) is 9.63. The largest absolute Gasteiger partial charge is 0.456 e. The predicted octanol–water partition coefficient (Wildman–Crippen LogP) is 23.5. The summed E-state index contributed by atoms with van der Waals surface area (Å²) in [6, 6.07) is -47.1. The lowest BCUT2D eigenvalue weighted by Gasteiger charge is -2.17. The van der Waals surface area contributed by atoms with Crippen LogP contribution in [0, 0.1) is 0 Å². The van der Waals surface area contributed by atoms with E-state index in [0.717, 1.165) is 0 Å². The third kappa shape index (κ3) is 8.43. The van der Waals surface area contributed by atoms with E-state index in [1.54, 1.807) is 0 Å². The van der Waals surface area contributed by atoms with Crippen LogP contribution in [0.15, 0.2) is 323 Å². The van der Waals surface area contributed by atoms with E-state index in [4.69, 9.17) is 58.2 Å². The monoisotopic (exact) mass is 1120 g/mol. The first-order valence-corrected chi connectivity index (χ1v) is 24.6. The molecular weight excluding hydrogens is 1020 g/mol. The Bertz CT molecular complexity index is 8320. The third-order valence-electron chi connectivity index (χ3n) is 13.1. The first-order chi connectivity index (χ1) is 63.3. The molecule has 15 aromatic carbocycles. The second-order valence-corrected chi connectivity index (χ2v) is 17.8. The molecule has 0 spiro atoms. The predicted molar refractivity (Wildman–Crippen MR) is 356 cm³/mol. The summed E-state index contributed by atoms with van der Waals surface area (Å²) in [4.78, 5) is 0. The molecule has 0 amide bonds. The minimum Gasteiger partial charge on any atom is -0.456 e. The Morgan fingerprint density at radius 2 is 0.417 bits per heavy atom. The van der Waals surface area contributed by atoms with Gasteiger partial charge < -0.3 is 8.83 Å². The van der Waals surface area contributed by atoms with Crippen LogP contribution in [0.4, 0.5) is 0 Å². The smallest absolute Gasteiger partial charge is 0.136 e. The molecule has 17 rings (SSSR count). The Labute approximate surface area is 559 Å². The number of hydrogen-bond acceptors (Lipinski definition) is 2. The van der Waals surface area contributed by atoms with Crippen LogP contribution in [0.5, 0.6) is 0 Å². The zero-order valence-corrected chi connectivity index (χ0v) is 41.8. The molecule has 2 heterocycles. The molecule has 0 unspecified atom stereocenters. The minimum atomic E-state index is -0.992. The van der Waals surface area contributed by atoms with Crippen LogP contribution in [0.1, 0.15) is 71.3 Å². The normalized spacial score (nSPS) is 20.2. The van der Waals surface area contributed by atoms with Gasteiger partial charge in [-0.15, -0.1) is 0 Å². The lowest BCUT2D eigenvalue weighted by molar-refractivity contribution is 0.668. The van der Waals surface area contributed by atoms with Crippen molar-refractivity contribution >= 4 is 87.0 Å². The SMILES string of the molecule is [2H]c1c([2H])c([2H])c(-c2c([2H])c([2H])c([2H])c(-c3c([2H])c([2H])c4c(oc5c([2H])c([2H])c(-c6c7c([2H])c([2H])c([2H])c([2H])c7c(-c7c([2H])c([2H])c([2H])c([2H])c7[2H])c7c([2H])c([2H])c([2H])c([2H])c67)c([2H])c54)c3[2H])c2[2H])c([2H])c1[2H].[2H]c1c([2H])c([2H])c(-c2c([2H])c([2H])c3oc4c([2H])c([2H])c(-c5c6c([2H])c([2H])c([2H])c([2H])c6c(-c6c([2H])c([2H])c([2H])c([2H])c6[2H])c6c([2H])c([2H])c([2H])c([2H])c56)c([2H])c4c3c2[2H])c([2H])c1[2H]. The van der Waals surface area contributed by atoms with Crippen molar-refractivity contribution in [1.29, 1.82) is 0 Å². The maximum Gasteiger partial charge on any atom is 0.136 e.